The summed E-state index contributed by atoms with van der Waals surface area (Å²) in [6.45, 7) is 0. The summed E-state index contributed by atoms with van der Waals surface area (Å²) in [5.41, 5.74) is 2.23. The Morgan fingerprint density at radius 1 is 1.56 bits per heavy atom. The Hall–Kier alpha value is -2.57. The first-order chi connectivity index (χ1) is 8.61. The number of aryl methyl sites for hydroxylation is 1. The maximum absolute atomic E-state index is 11.0. The maximum Gasteiger partial charge on any atom is 0.352 e. The number of aromatic nitrogens is 4. The van der Waals surface area contributed by atoms with Gasteiger partial charge in [0.25, 0.3) is 0 Å². The van der Waals surface area contributed by atoms with Crippen LogP contribution in [0, 0.1) is 0 Å². The summed E-state index contributed by atoms with van der Waals surface area (Å²) in [6, 6.07) is 1.58. The van der Waals surface area contributed by atoms with Crippen LogP contribution in [-0.4, -0.2) is 37.6 Å². The number of nitrogens with one attached hydrogen (secondary N) is 2. The van der Waals surface area contributed by atoms with Gasteiger partial charge in [0.2, 0.25) is 0 Å². The number of aromatic carboxylic acids is 1. The predicted molar refractivity (Wildman–Crippen MR) is 66.9 cm³/mol. The van der Waals surface area contributed by atoms with E-state index in [2.05, 4.69) is 20.3 Å². The molecule has 0 unspecified atom stereocenters. The molecule has 0 aliphatic heterocycles. The summed E-state index contributed by atoms with van der Waals surface area (Å²) < 4.78 is 1.85. The van der Waals surface area contributed by atoms with E-state index in [1.807, 2.05) is 11.6 Å². The molecule has 0 saturated carbocycles. The van der Waals surface area contributed by atoms with E-state index in [0.29, 0.717) is 11.5 Å². The number of imidazole rings is 1. The topological polar surface area (TPSA) is 95.8 Å². The van der Waals surface area contributed by atoms with Crippen molar-refractivity contribution >= 4 is 33.9 Å². The van der Waals surface area contributed by atoms with E-state index in [-0.39, 0.29) is 5.69 Å². The summed E-state index contributed by atoms with van der Waals surface area (Å²) in [7, 11) is 3.62. The number of fused-ring (bicyclic) bond motifs is 3. The number of anilines is 1. The molecule has 0 amide bonds. The van der Waals surface area contributed by atoms with Gasteiger partial charge in [-0.25, -0.2) is 14.8 Å². The predicted octanol–water partition coefficient (Wildman–Crippen LogP) is 1.19. The first-order valence-corrected chi connectivity index (χ1v) is 5.36. The van der Waals surface area contributed by atoms with Crippen LogP contribution in [0.15, 0.2) is 12.4 Å². The standard InChI is InChI=1S/C11H11N5O2/c1-12-10-7-8(16(2)4-13-7)5-3-6(11(17)18)14-9(5)15-10/h3-4H,1-2H3,(H,17,18)(H2,12,14,15). The van der Waals surface area contributed by atoms with Crippen LogP contribution in [0.4, 0.5) is 5.82 Å². The van der Waals surface area contributed by atoms with Crippen molar-refractivity contribution in [3.05, 3.63) is 18.1 Å². The van der Waals surface area contributed by atoms with Gasteiger partial charge in [-0.2, -0.15) is 0 Å². The van der Waals surface area contributed by atoms with Crippen molar-refractivity contribution in [1.29, 1.82) is 0 Å². The Kier molecular flexibility index (Phi) is 2.03. The summed E-state index contributed by atoms with van der Waals surface area (Å²) in [6.07, 6.45) is 1.68. The normalized spacial score (nSPS) is 11.2. The third kappa shape index (κ3) is 1.27. The zero-order valence-corrected chi connectivity index (χ0v) is 9.85. The highest BCUT2D eigenvalue weighted by Crippen LogP contribution is 2.28. The number of pyridine rings is 1. The molecule has 3 N–H and O–H groups in total. The molecule has 0 aliphatic carbocycles. The lowest BCUT2D eigenvalue weighted by Gasteiger charge is -2.02. The van der Waals surface area contributed by atoms with E-state index in [1.54, 1.807) is 19.4 Å². The molecule has 7 nitrogen and oxygen atoms in total. The van der Waals surface area contributed by atoms with Gasteiger partial charge in [0.1, 0.15) is 16.9 Å². The van der Waals surface area contributed by atoms with Crippen LogP contribution in [0.3, 0.4) is 0 Å². The Balaban J connectivity index is 2.49. The number of carboxylic acid groups (broad SMARTS) is 1. The van der Waals surface area contributed by atoms with E-state index < -0.39 is 5.97 Å². The molecule has 0 atom stereocenters. The quantitative estimate of drug-likeness (QED) is 0.630. The van der Waals surface area contributed by atoms with Crippen LogP contribution < -0.4 is 5.32 Å². The van der Waals surface area contributed by atoms with Crippen LogP contribution in [-0.2, 0) is 7.05 Å². The van der Waals surface area contributed by atoms with Gasteiger partial charge in [0, 0.05) is 19.5 Å². The zero-order valence-electron chi connectivity index (χ0n) is 9.85. The molecule has 92 valence electrons. The first kappa shape index (κ1) is 10.6. The summed E-state index contributed by atoms with van der Waals surface area (Å²) in [5, 5.41) is 12.7. The minimum absolute atomic E-state index is 0.119. The van der Waals surface area contributed by atoms with Crippen molar-refractivity contribution in [3.8, 4) is 0 Å². The number of nitrogens with zero attached hydrogens (tertiary/aromatic N) is 3. The minimum Gasteiger partial charge on any atom is -0.477 e. The number of hydrogen-bond acceptors (Lipinski definition) is 4. The van der Waals surface area contributed by atoms with Crippen LogP contribution >= 0.6 is 0 Å². The lowest BCUT2D eigenvalue weighted by Crippen LogP contribution is -1.96. The van der Waals surface area contributed by atoms with Crippen LogP contribution in [0.2, 0.25) is 0 Å². The summed E-state index contributed by atoms with van der Waals surface area (Å²) >= 11 is 0. The molecular formula is C11H11N5O2. The smallest absolute Gasteiger partial charge is 0.352 e. The van der Waals surface area contributed by atoms with Gasteiger partial charge in [0.15, 0.2) is 5.82 Å². The van der Waals surface area contributed by atoms with E-state index >= 15 is 0 Å². The molecule has 3 aromatic heterocycles. The molecule has 0 aromatic carbocycles. The third-order valence-corrected chi connectivity index (χ3v) is 2.90. The molecule has 0 spiro atoms. The fraction of sp³-hybridized carbons (Fsp3) is 0.182. The van der Waals surface area contributed by atoms with Crippen molar-refractivity contribution in [2.45, 2.75) is 0 Å². The second-order valence-electron chi connectivity index (χ2n) is 4.01. The average molecular weight is 245 g/mol. The highest BCUT2D eigenvalue weighted by molar-refractivity contribution is 6.08. The lowest BCUT2D eigenvalue weighted by atomic mass is 10.2. The first-order valence-electron chi connectivity index (χ1n) is 5.36. The van der Waals surface area contributed by atoms with Crippen LogP contribution in [0.25, 0.3) is 22.1 Å². The summed E-state index contributed by atoms with van der Waals surface area (Å²) in [5.74, 6) is -0.383. The van der Waals surface area contributed by atoms with Gasteiger partial charge in [-0.1, -0.05) is 0 Å². The minimum atomic E-state index is -1.01. The van der Waals surface area contributed by atoms with Crippen molar-refractivity contribution in [3.63, 3.8) is 0 Å². The molecule has 0 radical (unpaired) electrons. The van der Waals surface area contributed by atoms with Gasteiger partial charge in [-0.3, -0.25) is 0 Å². The Morgan fingerprint density at radius 2 is 2.33 bits per heavy atom. The molecule has 3 rings (SSSR count). The maximum atomic E-state index is 11.0. The third-order valence-electron chi connectivity index (χ3n) is 2.90. The van der Waals surface area contributed by atoms with Crippen LogP contribution in [0.1, 0.15) is 10.5 Å². The van der Waals surface area contributed by atoms with E-state index in [1.165, 1.54) is 0 Å². The van der Waals surface area contributed by atoms with Gasteiger partial charge >= 0.3 is 5.97 Å². The number of aromatic amines is 1. The molecule has 7 heteroatoms. The molecule has 3 aromatic rings. The number of hydrogen-bond donors (Lipinski definition) is 3. The van der Waals surface area contributed by atoms with Crippen molar-refractivity contribution in [2.24, 2.45) is 7.05 Å². The number of carboxylic acids is 1. The number of H-pyrrole nitrogens is 1. The second-order valence-corrected chi connectivity index (χ2v) is 4.01. The molecule has 0 bridgehead atoms. The number of rotatable bonds is 2. The summed E-state index contributed by atoms with van der Waals surface area (Å²) in [4.78, 5) is 22.4. The van der Waals surface area contributed by atoms with Gasteiger partial charge < -0.3 is 20.0 Å². The Labute approximate surface area is 101 Å². The number of carbonyl (C=O) groups is 1. The molecule has 3 heterocycles. The van der Waals surface area contributed by atoms with E-state index in [4.69, 9.17) is 5.11 Å². The van der Waals surface area contributed by atoms with Gasteiger partial charge in [-0.05, 0) is 6.07 Å². The zero-order chi connectivity index (χ0) is 12.9. The van der Waals surface area contributed by atoms with Gasteiger partial charge in [0.05, 0.1) is 11.8 Å². The molecule has 0 saturated heterocycles. The lowest BCUT2D eigenvalue weighted by molar-refractivity contribution is 0.0691. The fourth-order valence-corrected chi connectivity index (χ4v) is 2.09. The highest BCUT2D eigenvalue weighted by atomic mass is 16.4. The SMILES string of the molecule is CNc1nc2[nH]c(C(=O)O)cc2c2c1ncn2C. The fourth-order valence-electron chi connectivity index (χ4n) is 2.09. The molecule has 18 heavy (non-hydrogen) atoms. The second kappa shape index (κ2) is 3.46. The highest BCUT2D eigenvalue weighted by Gasteiger charge is 2.16. The van der Waals surface area contributed by atoms with E-state index in [0.717, 1.165) is 16.4 Å². The van der Waals surface area contributed by atoms with Crippen molar-refractivity contribution < 1.29 is 9.90 Å². The van der Waals surface area contributed by atoms with Gasteiger partial charge in [-0.15, -0.1) is 0 Å². The largest absolute Gasteiger partial charge is 0.477 e. The Morgan fingerprint density at radius 3 is 3.00 bits per heavy atom. The van der Waals surface area contributed by atoms with E-state index in [9.17, 15) is 4.79 Å². The monoisotopic (exact) mass is 245 g/mol. The molecule has 0 fully saturated rings. The van der Waals surface area contributed by atoms with Crippen LogP contribution in [0.5, 0.6) is 0 Å². The van der Waals surface area contributed by atoms with Crippen molar-refractivity contribution in [2.75, 3.05) is 12.4 Å². The Bertz CT molecular complexity index is 771. The average Bonchev–Trinajstić information content (AvgIpc) is 2.91. The van der Waals surface area contributed by atoms with Crippen molar-refractivity contribution in [1.82, 2.24) is 19.5 Å². The molecule has 0 aliphatic rings. The molecular weight excluding hydrogens is 234 g/mol.